The molecule has 1 aromatic heterocycles. The van der Waals surface area contributed by atoms with E-state index in [4.69, 9.17) is 0 Å². The number of rotatable bonds is 7. The number of nitrogens with zero attached hydrogens (tertiary/aromatic N) is 1. The molecule has 1 heterocycles. The third-order valence-electron chi connectivity index (χ3n) is 5.48. The van der Waals surface area contributed by atoms with Gasteiger partial charge < -0.3 is 10.1 Å². The number of nitrogens with one attached hydrogen (secondary N) is 1. The lowest BCUT2D eigenvalue weighted by atomic mass is 9.96. The van der Waals surface area contributed by atoms with E-state index in [2.05, 4.69) is 4.99 Å². The van der Waals surface area contributed by atoms with Crippen molar-refractivity contribution >= 4 is 29.1 Å². The molecule has 0 amide bonds. The predicted octanol–water partition coefficient (Wildman–Crippen LogP) is 7.42. The molecule has 0 bridgehead atoms. The third-order valence-corrected chi connectivity index (χ3v) is 6.27. The number of aliphatic imine (C=N–C) groups is 1. The lowest BCUT2D eigenvalue weighted by molar-refractivity contribution is -0.212. The Morgan fingerprint density at radius 1 is 1.05 bits per heavy atom. The fourth-order valence-corrected chi connectivity index (χ4v) is 4.45. The number of carbonyl (C=O) groups excluding carboxylic acids is 1. The SMILES string of the molecule is CSc1cccc(C([O-])=Nc2ccc(-c3[nH]c(C(F)(F)F)cc3C(F)(F)F)cc2C)c1C(=O)CC(C)C. The minimum absolute atomic E-state index is 0.0287. The molecule has 0 spiro atoms. The number of ketones is 1. The molecule has 0 atom stereocenters. The first kappa shape index (κ1) is 28.4. The number of thioether (sulfide) groups is 1. The molecule has 0 saturated carbocycles. The van der Waals surface area contributed by atoms with Gasteiger partial charge in [-0.05, 0) is 66.0 Å². The second-order valence-corrected chi connectivity index (χ2v) is 9.64. The van der Waals surface area contributed by atoms with Crippen molar-refractivity contribution < 1.29 is 36.2 Å². The van der Waals surface area contributed by atoms with Crippen molar-refractivity contribution in [2.24, 2.45) is 10.9 Å². The van der Waals surface area contributed by atoms with Crippen LogP contribution < -0.4 is 5.11 Å². The summed E-state index contributed by atoms with van der Waals surface area (Å²) in [7, 11) is 0. The van der Waals surface area contributed by atoms with Crippen LogP contribution in [-0.4, -0.2) is 22.9 Å². The molecule has 2 aromatic carbocycles. The molecule has 0 aliphatic heterocycles. The van der Waals surface area contributed by atoms with Crippen LogP contribution in [0.3, 0.4) is 0 Å². The Kier molecular flexibility index (Phi) is 8.16. The smallest absolute Gasteiger partial charge is 0.431 e. The topological polar surface area (TPSA) is 68.3 Å². The highest BCUT2D eigenvalue weighted by Crippen LogP contribution is 2.42. The van der Waals surface area contributed by atoms with Gasteiger partial charge in [-0.2, -0.15) is 26.3 Å². The minimum atomic E-state index is -5.02. The second-order valence-electron chi connectivity index (χ2n) is 8.79. The molecule has 0 saturated heterocycles. The Labute approximate surface area is 213 Å². The van der Waals surface area contributed by atoms with Gasteiger partial charge in [0.15, 0.2) is 5.78 Å². The van der Waals surface area contributed by atoms with E-state index in [1.54, 1.807) is 18.4 Å². The average molecular weight is 542 g/mol. The lowest BCUT2D eigenvalue weighted by Crippen LogP contribution is -2.23. The van der Waals surface area contributed by atoms with E-state index in [0.717, 1.165) is 6.07 Å². The van der Waals surface area contributed by atoms with Crippen molar-refractivity contribution in [2.75, 3.05) is 6.26 Å². The molecule has 0 fully saturated rings. The van der Waals surface area contributed by atoms with Crippen LogP contribution >= 0.6 is 11.8 Å². The summed E-state index contributed by atoms with van der Waals surface area (Å²) < 4.78 is 79.5. The lowest BCUT2D eigenvalue weighted by Gasteiger charge is -2.19. The van der Waals surface area contributed by atoms with Crippen molar-refractivity contribution in [3.8, 4) is 11.3 Å². The van der Waals surface area contributed by atoms with E-state index in [9.17, 15) is 36.2 Å². The average Bonchev–Trinajstić information content (AvgIpc) is 3.26. The van der Waals surface area contributed by atoms with Crippen LogP contribution in [0.2, 0.25) is 0 Å². The maximum Gasteiger partial charge on any atom is 0.431 e. The van der Waals surface area contributed by atoms with Crippen LogP contribution in [0.1, 0.15) is 53.0 Å². The summed E-state index contributed by atoms with van der Waals surface area (Å²) in [6.07, 6.45) is -8.02. The normalized spacial score (nSPS) is 12.9. The molecule has 198 valence electrons. The number of benzene rings is 2. The van der Waals surface area contributed by atoms with Crippen LogP contribution in [0.5, 0.6) is 0 Å². The summed E-state index contributed by atoms with van der Waals surface area (Å²) in [6, 6.07) is 8.49. The van der Waals surface area contributed by atoms with E-state index < -0.39 is 35.2 Å². The van der Waals surface area contributed by atoms with Crippen LogP contribution in [-0.2, 0) is 12.4 Å². The number of halogens is 6. The Bertz CT molecular complexity index is 1340. The molecule has 37 heavy (non-hydrogen) atoms. The third kappa shape index (κ3) is 6.38. The second kappa shape index (κ2) is 10.6. The van der Waals surface area contributed by atoms with Gasteiger partial charge in [-0.25, -0.2) is 0 Å². The van der Waals surface area contributed by atoms with Crippen molar-refractivity contribution in [1.29, 1.82) is 0 Å². The zero-order valence-electron chi connectivity index (χ0n) is 20.3. The van der Waals surface area contributed by atoms with Gasteiger partial charge >= 0.3 is 12.4 Å². The van der Waals surface area contributed by atoms with Crippen molar-refractivity contribution in [3.05, 3.63) is 70.4 Å². The van der Waals surface area contributed by atoms with Gasteiger partial charge in [0.05, 0.1) is 16.9 Å². The summed E-state index contributed by atoms with van der Waals surface area (Å²) in [5.74, 6) is -0.865. The Morgan fingerprint density at radius 3 is 2.27 bits per heavy atom. The zero-order chi connectivity index (χ0) is 27.7. The molecule has 3 aromatic rings. The maximum absolute atomic E-state index is 13.4. The number of aromatic amines is 1. The Morgan fingerprint density at radius 2 is 1.73 bits per heavy atom. The van der Waals surface area contributed by atoms with E-state index >= 15 is 0 Å². The number of aryl methyl sites for hydroxylation is 1. The molecule has 0 aliphatic carbocycles. The number of aromatic nitrogens is 1. The van der Waals surface area contributed by atoms with Crippen molar-refractivity contribution in [1.82, 2.24) is 4.98 Å². The summed E-state index contributed by atoms with van der Waals surface area (Å²) in [5, 5.41) is 13.1. The standard InChI is InChI=1S/C26H24F6N2O2S/c1-13(2)10-19(35)22-16(6-5-7-20(22)37-4)24(36)33-18-9-8-15(11-14(18)3)23-17(25(27,28)29)12-21(34-23)26(30,31)32/h5-9,11-13,34H,10H2,1-4H3,(H,33,36)/p-1. The maximum atomic E-state index is 13.4. The monoisotopic (exact) mass is 541 g/mol. The zero-order valence-corrected chi connectivity index (χ0v) is 21.1. The fourth-order valence-electron chi connectivity index (χ4n) is 3.80. The molecule has 3 rings (SSSR count). The Balaban J connectivity index is 2.07. The van der Waals surface area contributed by atoms with Gasteiger partial charge in [0.1, 0.15) is 5.69 Å². The van der Waals surface area contributed by atoms with E-state index in [0.29, 0.717) is 4.90 Å². The van der Waals surface area contributed by atoms with Crippen molar-refractivity contribution in [3.63, 3.8) is 0 Å². The van der Waals surface area contributed by atoms with Crippen LogP contribution in [0.15, 0.2) is 52.4 Å². The van der Waals surface area contributed by atoms with Crippen LogP contribution in [0.4, 0.5) is 32.0 Å². The van der Waals surface area contributed by atoms with Gasteiger partial charge in [-0.1, -0.05) is 32.0 Å². The number of alkyl halides is 6. The first-order valence-corrected chi connectivity index (χ1v) is 12.3. The van der Waals surface area contributed by atoms with E-state index in [1.165, 1.54) is 36.9 Å². The first-order valence-electron chi connectivity index (χ1n) is 11.1. The highest BCUT2D eigenvalue weighted by molar-refractivity contribution is 7.98. The van der Waals surface area contributed by atoms with Crippen LogP contribution in [0, 0.1) is 12.8 Å². The summed E-state index contributed by atoms with van der Waals surface area (Å²) in [5.41, 5.74) is -3.14. The van der Waals surface area contributed by atoms with E-state index in [1.807, 2.05) is 18.8 Å². The molecular weight excluding hydrogens is 518 g/mol. The molecule has 0 unspecified atom stereocenters. The summed E-state index contributed by atoms with van der Waals surface area (Å²) in [6.45, 7) is 5.23. The van der Waals surface area contributed by atoms with Gasteiger partial charge in [-0.3, -0.25) is 9.79 Å². The number of H-pyrrole nitrogens is 1. The molecule has 0 aliphatic rings. The van der Waals surface area contributed by atoms with Gasteiger partial charge in [-0.15, -0.1) is 11.8 Å². The number of Topliss-reactive ketones (excluding diaryl/α,β-unsaturated/α-hetero) is 1. The van der Waals surface area contributed by atoms with Gasteiger partial charge in [0.2, 0.25) is 0 Å². The fraction of sp³-hybridized carbons (Fsp3) is 0.308. The van der Waals surface area contributed by atoms with Crippen LogP contribution in [0.25, 0.3) is 11.3 Å². The molecule has 11 heteroatoms. The highest BCUT2D eigenvalue weighted by Gasteiger charge is 2.41. The molecule has 4 nitrogen and oxygen atoms in total. The first-order chi connectivity index (χ1) is 17.1. The number of hydrogen-bond donors (Lipinski definition) is 1. The largest absolute Gasteiger partial charge is 0.858 e. The number of carbonyl (C=O) groups is 1. The molecule has 1 N–H and O–H groups in total. The highest BCUT2D eigenvalue weighted by atomic mass is 32.2. The summed E-state index contributed by atoms with van der Waals surface area (Å²) in [4.78, 5) is 19.4. The number of hydrogen-bond acceptors (Lipinski definition) is 4. The van der Waals surface area contributed by atoms with Gasteiger partial charge in [0, 0.05) is 16.9 Å². The summed E-state index contributed by atoms with van der Waals surface area (Å²) >= 11 is 1.31. The quantitative estimate of drug-likeness (QED) is 0.111. The molecule has 0 radical (unpaired) electrons. The van der Waals surface area contributed by atoms with Crippen molar-refractivity contribution in [2.45, 2.75) is 44.4 Å². The Hall–Kier alpha value is -3.21. The van der Waals surface area contributed by atoms with E-state index in [-0.39, 0.29) is 52.1 Å². The van der Waals surface area contributed by atoms with Gasteiger partial charge in [0.25, 0.3) is 0 Å². The minimum Gasteiger partial charge on any atom is -0.858 e. The molecular formula is C26H23F6N2O2S-. The predicted molar refractivity (Wildman–Crippen MR) is 129 cm³/mol.